The monoisotopic (exact) mass is 287 g/mol. The van der Waals surface area contributed by atoms with E-state index in [1.807, 2.05) is 12.1 Å². The van der Waals surface area contributed by atoms with E-state index in [1.54, 1.807) is 12.3 Å². The summed E-state index contributed by atoms with van der Waals surface area (Å²) in [4.78, 5) is 9.12. The molecule has 21 heavy (non-hydrogen) atoms. The van der Waals surface area contributed by atoms with Crippen LogP contribution >= 0.6 is 0 Å². The van der Waals surface area contributed by atoms with Crippen LogP contribution in [0.2, 0.25) is 0 Å². The highest BCUT2D eigenvalue weighted by Gasteiger charge is 2.17. The summed E-state index contributed by atoms with van der Waals surface area (Å²) < 4.78 is 0. The highest BCUT2D eigenvalue weighted by Crippen LogP contribution is 2.09. The minimum atomic E-state index is 0.461. The average Bonchev–Trinajstić information content (AvgIpc) is 2.54. The Morgan fingerprint density at radius 3 is 2.57 bits per heavy atom. The number of nitriles is 1. The molecule has 5 heteroatoms. The van der Waals surface area contributed by atoms with Crippen LogP contribution < -0.4 is 5.32 Å². The molecule has 1 aliphatic heterocycles. The number of nitrogens with zero attached hydrogens (tertiary/aromatic N) is 4. The molecule has 1 aromatic heterocycles. The highest BCUT2D eigenvalue weighted by atomic mass is 15.3. The Hall–Kier alpha value is -1.64. The molecular weight excluding hydrogens is 262 g/mol. The number of aromatic nitrogens is 1. The smallest absolute Gasteiger partial charge is 0.140 e. The fraction of sp³-hybridized carbons (Fsp3) is 0.625. The van der Waals surface area contributed by atoms with E-state index < -0.39 is 0 Å². The van der Waals surface area contributed by atoms with Crippen LogP contribution in [0.3, 0.4) is 0 Å². The van der Waals surface area contributed by atoms with Gasteiger partial charge in [0.25, 0.3) is 0 Å². The van der Waals surface area contributed by atoms with Crippen LogP contribution in [0, 0.1) is 17.2 Å². The average molecular weight is 287 g/mol. The third-order valence-corrected chi connectivity index (χ3v) is 4.01. The fourth-order valence-electron chi connectivity index (χ4n) is 2.65. The molecule has 0 aliphatic carbocycles. The third kappa shape index (κ3) is 5.00. The van der Waals surface area contributed by atoms with Gasteiger partial charge in [-0.2, -0.15) is 5.26 Å². The lowest BCUT2D eigenvalue weighted by atomic mass is 10.1. The zero-order valence-electron chi connectivity index (χ0n) is 13.0. The second-order valence-corrected chi connectivity index (χ2v) is 5.76. The number of nitrogens with one attached hydrogen (secondary N) is 1. The Morgan fingerprint density at radius 1 is 1.29 bits per heavy atom. The molecule has 1 aliphatic rings. The van der Waals surface area contributed by atoms with Gasteiger partial charge in [0, 0.05) is 39.3 Å². The van der Waals surface area contributed by atoms with Gasteiger partial charge in [0.15, 0.2) is 0 Å². The van der Waals surface area contributed by atoms with E-state index in [0.717, 1.165) is 25.3 Å². The van der Waals surface area contributed by atoms with Crippen LogP contribution in [-0.4, -0.2) is 60.6 Å². The van der Waals surface area contributed by atoms with Crippen molar-refractivity contribution in [3.8, 4) is 6.07 Å². The molecular formula is C16H25N5. The topological polar surface area (TPSA) is 55.2 Å². The van der Waals surface area contributed by atoms with Crippen molar-refractivity contribution in [3.63, 3.8) is 0 Å². The summed E-state index contributed by atoms with van der Waals surface area (Å²) in [7, 11) is 0. The highest BCUT2D eigenvalue weighted by molar-refractivity contribution is 5.42. The number of hydrogen-bond donors (Lipinski definition) is 1. The van der Waals surface area contributed by atoms with Crippen LogP contribution in [0.5, 0.6) is 0 Å². The van der Waals surface area contributed by atoms with Gasteiger partial charge in [-0.25, -0.2) is 4.98 Å². The summed E-state index contributed by atoms with van der Waals surface area (Å²) in [5.74, 6) is 0.591. The number of rotatable bonds is 6. The second kappa shape index (κ2) is 7.96. The number of likely N-dealkylation sites (N-methyl/N-ethyl adjacent to an activating group) is 1. The third-order valence-electron chi connectivity index (χ3n) is 4.01. The van der Waals surface area contributed by atoms with E-state index in [2.05, 4.69) is 33.9 Å². The van der Waals surface area contributed by atoms with Crippen molar-refractivity contribution in [2.45, 2.75) is 13.8 Å². The standard InChI is InChI=1S/C16H25N5/c1-3-20-6-8-21(9-7-20)13-14(2)11-18-16-5-4-15(10-17)19-12-16/h4-5,12,14,18H,3,6-9,11,13H2,1-2H3/t14-/m1/s1. The maximum absolute atomic E-state index is 8.72. The van der Waals surface area contributed by atoms with Gasteiger partial charge in [-0.3, -0.25) is 0 Å². The molecule has 1 N–H and O–H groups in total. The first-order valence-corrected chi connectivity index (χ1v) is 7.76. The van der Waals surface area contributed by atoms with Crippen molar-refractivity contribution < 1.29 is 0 Å². The molecule has 1 atom stereocenters. The Balaban J connectivity index is 1.69. The summed E-state index contributed by atoms with van der Waals surface area (Å²) in [6.45, 7) is 12.5. The molecule has 1 aromatic rings. The molecule has 2 heterocycles. The van der Waals surface area contributed by atoms with E-state index in [-0.39, 0.29) is 0 Å². The van der Waals surface area contributed by atoms with Crippen LogP contribution in [0.25, 0.3) is 0 Å². The minimum Gasteiger partial charge on any atom is -0.383 e. The molecule has 5 nitrogen and oxygen atoms in total. The van der Waals surface area contributed by atoms with Gasteiger partial charge in [0.2, 0.25) is 0 Å². The van der Waals surface area contributed by atoms with Crippen molar-refractivity contribution in [2.75, 3.05) is 51.1 Å². The van der Waals surface area contributed by atoms with Gasteiger partial charge in [-0.15, -0.1) is 0 Å². The first kappa shape index (κ1) is 15.7. The lowest BCUT2D eigenvalue weighted by molar-refractivity contribution is 0.126. The van der Waals surface area contributed by atoms with Crippen LogP contribution in [-0.2, 0) is 0 Å². The van der Waals surface area contributed by atoms with E-state index >= 15 is 0 Å². The molecule has 1 saturated heterocycles. The molecule has 0 aromatic carbocycles. The Labute approximate surface area is 127 Å². The van der Waals surface area contributed by atoms with Gasteiger partial charge >= 0.3 is 0 Å². The van der Waals surface area contributed by atoms with Crippen molar-refractivity contribution >= 4 is 5.69 Å². The lowest BCUT2D eigenvalue weighted by Gasteiger charge is -2.35. The van der Waals surface area contributed by atoms with Gasteiger partial charge in [-0.1, -0.05) is 13.8 Å². The van der Waals surface area contributed by atoms with Crippen molar-refractivity contribution in [3.05, 3.63) is 24.0 Å². The number of anilines is 1. The number of hydrogen-bond acceptors (Lipinski definition) is 5. The summed E-state index contributed by atoms with van der Waals surface area (Å²) in [6, 6.07) is 5.69. The Kier molecular flexibility index (Phi) is 5.97. The van der Waals surface area contributed by atoms with E-state index in [9.17, 15) is 0 Å². The summed E-state index contributed by atoms with van der Waals surface area (Å²) in [5.41, 5.74) is 1.44. The Bertz CT molecular complexity index is 457. The SMILES string of the molecule is CCN1CCN(C[C@H](C)CNc2ccc(C#N)nc2)CC1. The van der Waals surface area contributed by atoms with Crippen molar-refractivity contribution in [1.29, 1.82) is 5.26 Å². The predicted octanol–water partition coefficient (Wildman–Crippen LogP) is 1.64. The largest absolute Gasteiger partial charge is 0.383 e. The van der Waals surface area contributed by atoms with E-state index in [0.29, 0.717) is 11.6 Å². The van der Waals surface area contributed by atoms with Gasteiger partial charge in [0.1, 0.15) is 11.8 Å². The minimum absolute atomic E-state index is 0.461. The maximum Gasteiger partial charge on any atom is 0.140 e. The second-order valence-electron chi connectivity index (χ2n) is 5.76. The summed E-state index contributed by atoms with van der Waals surface area (Å²) >= 11 is 0. The summed E-state index contributed by atoms with van der Waals surface area (Å²) in [5, 5.41) is 12.1. The van der Waals surface area contributed by atoms with Crippen molar-refractivity contribution in [1.82, 2.24) is 14.8 Å². The molecule has 1 fully saturated rings. The van der Waals surface area contributed by atoms with Gasteiger partial charge < -0.3 is 15.1 Å². The quantitative estimate of drug-likeness (QED) is 0.862. The molecule has 2 rings (SSSR count). The molecule has 0 radical (unpaired) electrons. The molecule has 0 spiro atoms. The first-order chi connectivity index (χ1) is 10.2. The zero-order valence-corrected chi connectivity index (χ0v) is 13.0. The Morgan fingerprint density at radius 2 is 2.00 bits per heavy atom. The molecule has 0 amide bonds. The number of piperazine rings is 1. The maximum atomic E-state index is 8.72. The molecule has 0 unspecified atom stereocenters. The van der Waals surface area contributed by atoms with Crippen LogP contribution in [0.1, 0.15) is 19.5 Å². The summed E-state index contributed by atoms with van der Waals surface area (Å²) in [6.07, 6.45) is 1.73. The van der Waals surface area contributed by atoms with Crippen LogP contribution in [0.4, 0.5) is 5.69 Å². The molecule has 0 saturated carbocycles. The normalized spacial score (nSPS) is 18.1. The van der Waals surface area contributed by atoms with E-state index in [1.165, 1.54) is 26.2 Å². The molecule has 0 bridgehead atoms. The predicted molar refractivity (Wildman–Crippen MR) is 85.2 cm³/mol. The van der Waals surface area contributed by atoms with E-state index in [4.69, 9.17) is 5.26 Å². The van der Waals surface area contributed by atoms with Gasteiger partial charge in [-0.05, 0) is 24.6 Å². The van der Waals surface area contributed by atoms with Crippen molar-refractivity contribution in [2.24, 2.45) is 5.92 Å². The molecule has 114 valence electrons. The number of pyridine rings is 1. The van der Waals surface area contributed by atoms with Gasteiger partial charge in [0.05, 0.1) is 11.9 Å². The fourth-order valence-corrected chi connectivity index (χ4v) is 2.65. The lowest BCUT2D eigenvalue weighted by Crippen LogP contribution is -2.47. The zero-order chi connectivity index (χ0) is 15.1. The van der Waals surface area contributed by atoms with Crippen LogP contribution in [0.15, 0.2) is 18.3 Å². The first-order valence-electron chi connectivity index (χ1n) is 7.76.